The SMILES string of the molecule is CC(C(=O)Nc1ccccc1S(C)(=O)=O)N1CCN(C2CCCN(C)C2)CC1. The van der Waals surface area contributed by atoms with Crippen molar-refractivity contribution in [3.8, 4) is 0 Å². The van der Waals surface area contributed by atoms with Crippen molar-refractivity contribution >= 4 is 21.4 Å². The van der Waals surface area contributed by atoms with Crippen molar-refractivity contribution in [2.24, 2.45) is 0 Å². The Morgan fingerprint density at radius 2 is 1.82 bits per heavy atom. The molecule has 0 bridgehead atoms. The van der Waals surface area contributed by atoms with Gasteiger partial charge in [0.05, 0.1) is 16.6 Å². The van der Waals surface area contributed by atoms with Crippen molar-refractivity contribution < 1.29 is 13.2 Å². The molecule has 8 heteroatoms. The highest BCUT2D eigenvalue weighted by molar-refractivity contribution is 7.90. The summed E-state index contributed by atoms with van der Waals surface area (Å²) in [7, 11) is -1.21. The van der Waals surface area contributed by atoms with Crippen LogP contribution >= 0.6 is 0 Å². The molecular weight excluding hydrogens is 376 g/mol. The average molecular weight is 409 g/mol. The van der Waals surface area contributed by atoms with Crippen LogP contribution in [0.1, 0.15) is 19.8 Å². The number of para-hydroxylation sites is 1. The topological polar surface area (TPSA) is 73.0 Å². The van der Waals surface area contributed by atoms with Crippen molar-refractivity contribution in [1.29, 1.82) is 0 Å². The molecule has 2 saturated heterocycles. The van der Waals surface area contributed by atoms with Crippen molar-refractivity contribution in [2.45, 2.75) is 36.7 Å². The number of nitrogens with zero attached hydrogens (tertiary/aromatic N) is 3. The third-order valence-electron chi connectivity index (χ3n) is 5.94. The minimum absolute atomic E-state index is 0.154. The highest BCUT2D eigenvalue weighted by atomic mass is 32.2. The Morgan fingerprint density at radius 1 is 1.14 bits per heavy atom. The molecule has 2 unspecified atom stereocenters. The zero-order valence-electron chi connectivity index (χ0n) is 17.1. The molecule has 1 N–H and O–H groups in total. The van der Waals surface area contributed by atoms with Gasteiger partial charge < -0.3 is 10.2 Å². The van der Waals surface area contributed by atoms with Crippen LogP contribution in [0, 0.1) is 0 Å². The van der Waals surface area contributed by atoms with Gasteiger partial charge in [-0.2, -0.15) is 0 Å². The monoisotopic (exact) mass is 408 g/mol. The Hall–Kier alpha value is -1.48. The van der Waals surface area contributed by atoms with E-state index in [9.17, 15) is 13.2 Å². The van der Waals surface area contributed by atoms with Crippen molar-refractivity contribution in [3.05, 3.63) is 24.3 Å². The van der Waals surface area contributed by atoms with E-state index < -0.39 is 9.84 Å². The van der Waals surface area contributed by atoms with Crippen LogP contribution in [0.4, 0.5) is 5.69 Å². The number of likely N-dealkylation sites (N-methyl/N-ethyl adjacent to an activating group) is 1. The molecule has 2 aliphatic rings. The number of benzene rings is 1. The largest absolute Gasteiger partial charge is 0.324 e. The molecule has 1 amide bonds. The van der Waals surface area contributed by atoms with Gasteiger partial charge >= 0.3 is 0 Å². The lowest BCUT2D eigenvalue weighted by Crippen LogP contribution is -2.57. The van der Waals surface area contributed by atoms with Gasteiger partial charge in [-0.1, -0.05) is 12.1 Å². The standard InChI is InChI=1S/C20H32N4O3S/c1-16(20(25)21-18-8-4-5-9-19(18)28(3,26)27)23-11-13-24(14-12-23)17-7-6-10-22(2)15-17/h4-5,8-9,16-17H,6-7,10-15H2,1-3H3,(H,21,25). The number of carbonyl (C=O) groups is 1. The van der Waals surface area contributed by atoms with E-state index in [0.29, 0.717) is 11.7 Å². The number of piperidine rings is 1. The van der Waals surface area contributed by atoms with Crippen LogP contribution in [0.2, 0.25) is 0 Å². The second kappa shape index (κ2) is 8.90. The van der Waals surface area contributed by atoms with E-state index in [0.717, 1.165) is 39.0 Å². The first-order valence-electron chi connectivity index (χ1n) is 10.0. The first-order chi connectivity index (χ1) is 13.3. The minimum atomic E-state index is -3.39. The predicted molar refractivity (Wildman–Crippen MR) is 111 cm³/mol. The smallest absolute Gasteiger partial charge is 0.241 e. The number of amides is 1. The maximum absolute atomic E-state index is 12.7. The fraction of sp³-hybridized carbons (Fsp3) is 0.650. The molecular formula is C20H32N4O3S. The normalized spacial score (nSPS) is 24.0. The summed E-state index contributed by atoms with van der Waals surface area (Å²) in [6.45, 7) is 7.83. The van der Waals surface area contributed by atoms with Crippen LogP contribution in [0.5, 0.6) is 0 Å². The van der Waals surface area contributed by atoms with E-state index in [1.807, 2.05) is 6.92 Å². The maximum atomic E-state index is 12.7. The van der Waals surface area contributed by atoms with E-state index in [1.54, 1.807) is 18.2 Å². The molecule has 0 radical (unpaired) electrons. The second-order valence-electron chi connectivity index (χ2n) is 8.06. The number of likely N-dealkylation sites (tertiary alicyclic amines) is 1. The fourth-order valence-electron chi connectivity index (χ4n) is 4.22. The minimum Gasteiger partial charge on any atom is -0.324 e. The molecule has 0 spiro atoms. The number of piperazine rings is 1. The Bertz CT molecular complexity index is 790. The zero-order chi connectivity index (χ0) is 20.3. The first-order valence-corrected chi connectivity index (χ1v) is 11.9. The Labute approximate surface area is 168 Å². The van der Waals surface area contributed by atoms with Gasteiger partial charge in [0.15, 0.2) is 9.84 Å². The lowest BCUT2D eigenvalue weighted by atomic mass is 10.0. The van der Waals surface area contributed by atoms with Crippen molar-refractivity contribution in [1.82, 2.24) is 14.7 Å². The summed E-state index contributed by atoms with van der Waals surface area (Å²) in [5, 5.41) is 2.81. The second-order valence-corrected chi connectivity index (χ2v) is 10.0. The molecule has 2 fully saturated rings. The van der Waals surface area contributed by atoms with Crippen LogP contribution in [0.15, 0.2) is 29.2 Å². The van der Waals surface area contributed by atoms with Crippen LogP contribution in [-0.4, -0.2) is 93.7 Å². The Kier molecular flexibility index (Phi) is 6.75. The van der Waals surface area contributed by atoms with Crippen LogP contribution in [-0.2, 0) is 14.6 Å². The molecule has 1 aromatic carbocycles. The van der Waals surface area contributed by atoms with Gasteiger partial charge in [-0.15, -0.1) is 0 Å². The number of nitrogens with one attached hydrogen (secondary N) is 1. The number of carbonyl (C=O) groups excluding carboxylic acids is 1. The van der Waals surface area contributed by atoms with E-state index in [2.05, 4.69) is 27.1 Å². The number of hydrogen-bond donors (Lipinski definition) is 1. The molecule has 156 valence electrons. The predicted octanol–water partition coefficient (Wildman–Crippen LogP) is 1.13. The summed E-state index contributed by atoms with van der Waals surface area (Å²) in [5.41, 5.74) is 0.353. The summed E-state index contributed by atoms with van der Waals surface area (Å²) < 4.78 is 23.9. The van der Waals surface area contributed by atoms with E-state index >= 15 is 0 Å². The molecule has 2 aliphatic heterocycles. The van der Waals surface area contributed by atoms with E-state index in [-0.39, 0.29) is 16.8 Å². The highest BCUT2D eigenvalue weighted by Gasteiger charge is 2.30. The average Bonchev–Trinajstić information content (AvgIpc) is 2.67. The van der Waals surface area contributed by atoms with Gasteiger partial charge in [0, 0.05) is 45.0 Å². The van der Waals surface area contributed by atoms with Crippen molar-refractivity contribution in [2.75, 3.05) is 57.9 Å². The molecule has 28 heavy (non-hydrogen) atoms. The lowest BCUT2D eigenvalue weighted by molar-refractivity contribution is -0.121. The van der Waals surface area contributed by atoms with Crippen molar-refractivity contribution in [3.63, 3.8) is 0 Å². The lowest BCUT2D eigenvalue weighted by Gasteiger charge is -2.43. The molecule has 0 saturated carbocycles. The number of sulfone groups is 1. The summed E-state index contributed by atoms with van der Waals surface area (Å²) in [6.07, 6.45) is 3.66. The molecule has 3 rings (SSSR count). The van der Waals surface area contributed by atoms with Gasteiger partial charge in [-0.05, 0) is 45.5 Å². The Morgan fingerprint density at radius 3 is 2.46 bits per heavy atom. The van der Waals surface area contributed by atoms with Crippen LogP contribution in [0.25, 0.3) is 0 Å². The fourth-order valence-corrected chi connectivity index (χ4v) is 5.07. The summed E-state index contributed by atoms with van der Waals surface area (Å²) in [5.74, 6) is -0.165. The first kappa shape index (κ1) is 21.2. The van der Waals surface area contributed by atoms with Crippen LogP contribution in [0.3, 0.4) is 0 Å². The highest BCUT2D eigenvalue weighted by Crippen LogP contribution is 2.22. The molecule has 1 aromatic rings. The zero-order valence-corrected chi connectivity index (χ0v) is 17.9. The molecule has 2 heterocycles. The maximum Gasteiger partial charge on any atom is 0.241 e. The number of hydrogen-bond acceptors (Lipinski definition) is 6. The third kappa shape index (κ3) is 5.11. The molecule has 7 nitrogen and oxygen atoms in total. The summed E-state index contributed by atoms with van der Waals surface area (Å²) in [6, 6.07) is 6.87. The quantitative estimate of drug-likeness (QED) is 0.787. The molecule has 0 aromatic heterocycles. The van der Waals surface area contributed by atoms with Gasteiger partial charge in [0.2, 0.25) is 5.91 Å². The van der Waals surface area contributed by atoms with Crippen LogP contribution < -0.4 is 5.32 Å². The number of anilines is 1. The van der Waals surface area contributed by atoms with Gasteiger partial charge in [-0.3, -0.25) is 14.6 Å². The summed E-state index contributed by atoms with van der Waals surface area (Å²) >= 11 is 0. The Balaban J connectivity index is 1.57. The van der Waals surface area contributed by atoms with Gasteiger partial charge in [0.1, 0.15) is 0 Å². The van der Waals surface area contributed by atoms with Gasteiger partial charge in [0.25, 0.3) is 0 Å². The van der Waals surface area contributed by atoms with Gasteiger partial charge in [-0.25, -0.2) is 8.42 Å². The third-order valence-corrected chi connectivity index (χ3v) is 7.09. The van der Waals surface area contributed by atoms with E-state index in [4.69, 9.17) is 0 Å². The van der Waals surface area contributed by atoms with E-state index in [1.165, 1.54) is 25.5 Å². The summed E-state index contributed by atoms with van der Waals surface area (Å²) in [4.78, 5) is 20.0. The molecule has 0 aliphatic carbocycles. The molecule has 2 atom stereocenters. The number of rotatable bonds is 5.